The van der Waals surface area contributed by atoms with Crippen LogP contribution in [0.25, 0.3) is 11.0 Å². The predicted molar refractivity (Wildman–Crippen MR) is 49.6 cm³/mol. The lowest BCUT2D eigenvalue weighted by Gasteiger charge is -1.95. The molecule has 0 aliphatic rings. The van der Waals surface area contributed by atoms with Crippen molar-refractivity contribution < 1.29 is 0 Å². The summed E-state index contributed by atoms with van der Waals surface area (Å²) in [5, 5.41) is 1.22. The van der Waals surface area contributed by atoms with Gasteiger partial charge in [-0.1, -0.05) is 0 Å². The number of nitrogens with zero attached hydrogens (tertiary/aromatic N) is 2. The van der Waals surface area contributed by atoms with Crippen molar-refractivity contribution in [3.8, 4) is 0 Å². The highest BCUT2D eigenvalue weighted by Crippen LogP contribution is 2.18. The molecule has 1 unspecified atom stereocenters. The molecule has 2 rings (SSSR count). The summed E-state index contributed by atoms with van der Waals surface area (Å²) < 4.78 is 1.95. The van der Waals surface area contributed by atoms with Crippen LogP contribution in [0, 0.1) is 6.92 Å². The molecular weight excluding hydrogens is 155 g/mol. The first-order valence-electron chi connectivity index (χ1n) is 3.47. The van der Waals surface area contributed by atoms with E-state index in [0.29, 0.717) is 0 Å². The molecule has 0 spiro atoms. The standard InChI is InChI=1S/C8H9N2P/c1-6-2-4-9-8-7(6)3-5-10(8)11/h2-5H,11H2,1H3. The monoisotopic (exact) mass is 164 g/mol. The molecule has 11 heavy (non-hydrogen) atoms. The van der Waals surface area contributed by atoms with E-state index in [0.717, 1.165) is 5.65 Å². The van der Waals surface area contributed by atoms with Crippen LogP contribution in [-0.2, 0) is 0 Å². The van der Waals surface area contributed by atoms with Crippen molar-refractivity contribution in [2.24, 2.45) is 0 Å². The van der Waals surface area contributed by atoms with E-state index in [2.05, 4.69) is 27.4 Å². The van der Waals surface area contributed by atoms with Crippen LogP contribution in [0.2, 0.25) is 0 Å². The molecule has 0 bridgehead atoms. The van der Waals surface area contributed by atoms with Crippen molar-refractivity contribution in [1.29, 1.82) is 0 Å². The fraction of sp³-hybridized carbons (Fsp3) is 0.125. The van der Waals surface area contributed by atoms with Gasteiger partial charge < -0.3 is 4.34 Å². The van der Waals surface area contributed by atoms with E-state index in [1.54, 1.807) is 0 Å². The van der Waals surface area contributed by atoms with Gasteiger partial charge in [0.25, 0.3) is 0 Å². The molecule has 0 saturated carbocycles. The Morgan fingerprint density at radius 3 is 3.00 bits per heavy atom. The van der Waals surface area contributed by atoms with Gasteiger partial charge in [0.2, 0.25) is 0 Å². The lowest BCUT2D eigenvalue weighted by atomic mass is 10.2. The Balaban J connectivity index is 2.94. The topological polar surface area (TPSA) is 17.8 Å². The molecule has 2 nitrogen and oxygen atoms in total. The summed E-state index contributed by atoms with van der Waals surface area (Å²) in [6.07, 6.45) is 3.83. The third-order valence-electron chi connectivity index (χ3n) is 1.83. The molecule has 0 amide bonds. The van der Waals surface area contributed by atoms with Gasteiger partial charge in [0, 0.05) is 17.8 Å². The van der Waals surface area contributed by atoms with Gasteiger partial charge in [0.05, 0.1) is 0 Å². The molecule has 2 aromatic rings. The van der Waals surface area contributed by atoms with E-state index in [1.807, 2.05) is 22.8 Å². The van der Waals surface area contributed by atoms with Crippen LogP contribution in [0.3, 0.4) is 0 Å². The van der Waals surface area contributed by atoms with Gasteiger partial charge in [-0.3, -0.25) is 0 Å². The fourth-order valence-electron chi connectivity index (χ4n) is 1.19. The van der Waals surface area contributed by atoms with Crippen molar-refractivity contribution in [2.45, 2.75) is 6.92 Å². The minimum Gasteiger partial charge on any atom is -0.317 e. The van der Waals surface area contributed by atoms with E-state index >= 15 is 0 Å². The summed E-state index contributed by atoms with van der Waals surface area (Å²) in [5.74, 6) is 0. The third kappa shape index (κ3) is 0.945. The predicted octanol–water partition coefficient (Wildman–Crippen LogP) is 1.98. The first kappa shape index (κ1) is 6.81. The molecule has 3 heteroatoms. The Labute approximate surface area is 67.5 Å². The zero-order valence-corrected chi connectivity index (χ0v) is 7.44. The fourth-order valence-corrected chi connectivity index (χ4v) is 1.48. The number of hydrogen-bond donors (Lipinski definition) is 0. The summed E-state index contributed by atoms with van der Waals surface area (Å²) in [4.78, 5) is 4.24. The minimum atomic E-state index is 1.02. The second-order valence-corrected chi connectivity index (χ2v) is 3.14. The highest BCUT2D eigenvalue weighted by Gasteiger charge is 1.99. The van der Waals surface area contributed by atoms with Gasteiger partial charge in [-0.15, -0.1) is 0 Å². The van der Waals surface area contributed by atoms with Crippen LogP contribution in [0.5, 0.6) is 0 Å². The number of hydrogen-bond acceptors (Lipinski definition) is 1. The van der Waals surface area contributed by atoms with Crippen LogP contribution in [0.4, 0.5) is 0 Å². The maximum atomic E-state index is 4.24. The Morgan fingerprint density at radius 2 is 2.27 bits per heavy atom. The Bertz CT molecular complexity index is 392. The summed E-state index contributed by atoms with van der Waals surface area (Å²) in [6.45, 7) is 2.09. The maximum Gasteiger partial charge on any atom is 0.142 e. The SMILES string of the molecule is Cc1ccnc2c1ccn2P. The van der Waals surface area contributed by atoms with Crippen LogP contribution in [0.15, 0.2) is 24.5 Å². The number of fused-ring (bicyclic) bond motifs is 1. The molecule has 0 aliphatic heterocycles. The van der Waals surface area contributed by atoms with E-state index in [-0.39, 0.29) is 0 Å². The van der Waals surface area contributed by atoms with Crippen LogP contribution in [0.1, 0.15) is 5.56 Å². The first-order valence-corrected chi connectivity index (χ1v) is 3.98. The molecule has 0 aliphatic carbocycles. The van der Waals surface area contributed by atoms with E-state index in [1.165, 1.54) is 10.9 Å². The number of rotatable bonds is 0. The zero-order valence-electron chi connectivity index (χ0n) is 6.28. The summed E-state index contributed by atoms with van der Waals surface area (Å²) >= 11 is 0. The summed E-state index contributed by atoms with van der Waals surface area (Å²) in [6, 6.07) is 4.09. The van der Waals surface area contributed by atoms with Gasteiger partial charge in [0.1, 0.15) is 5.65 Å². The van der Waals surface area contributed by atoms with Gasteiger partial charge in [-0.2, -0.15) is 0 Å². The van der Waals surface area contributed by atoms with Crippen molar-refractivity contribution >= 4 is 20.4 Å². The highest BCUT2D eigenvalue weighted by molar-refractivity contribution is 7.14. The number of aryl methyl sites for hydroxylation is 1. The van der Waals surface area contributed by atoms with Gasteiger partial charge in [-0.25, -0.2) is 4.98 Å². The number of aromatic nitrogens is 2. The lowest BCUT2D eigenvalue weighted by Crippen LogP contribution is -1.81. The Hall–Kier alpha value is -0.880. The summed E-state index contributed by atoms with van der Waals surface area (Å²) in [5.41, 5.74) is 2.30. The van der Waals surface area contributed by atoms with Crippen molar-refractivity contribution in [3.05, 3.63) is 30.1 Å². The molecule has 0 N–H and O–H groups in total. The van der Waals surface area contributed by atoms with Crippen molar-refractivity contribution in [2.75, 3.05) is 0 Å². The van der Waals surface area contributed by atoms with Gasteiger partial charge in [0.15, 0.2) is 0 Å². The number of pyridine rings is 1. The first-order chi connectivity index (χ1) is 5.29. The van der Waals surface area contributed by atoms with Crippen molar-refractivity contribution in [1.82, 2.24) is 9.32 Å². The molecule has 0 saturated heterocycles. The van der Waals surface area contributed by atoms with Crippen LogP contribution >= 0.6 is 9.39 Å². The average Bonchev–Trinajstić information content (AvgIpc) is 2.35. The minimum absolute atomic E-state index is 1.02. The van der Waals surface area contributed by atoms with E-state index < -0.39 is 0 Å². The summed E-state index contributed by atoms with van der Waals surface area (Å²) in [7, 11) is 2.61. The quantitative estimate of drug-likeness (QED) is 0.544. The maximum absolute atomic E-state index is 4.24. The second kappa shape index (κ2) is 2.31. The molecule has 0 fully saturated rings. The largest absolute Gasteiger partial charge is 0.317 e. The Morgan fingerprint density at radius 1 is 1.45 bits per heavy atom. The van der Waals surface area contributed by atoms with E-state index in [9.17, 15) is 0 Å². The van der Waals surface area contributed by atoms with Gasteiger partial charge >= 0.3 is 0 Å². The van der Waals surface area contributed by atoms with E-state index in [4.69, 9.17) is 0 Å². The second-order valence-electron chi connectivity index (χ2n) is 2.59. The molecule has 2 aromatic heterocycles. The van der Waals surface area contributed by atoms with Crippen LogP contribution in [-0.4, -0.2) is 9.32 Å². The average molecular weight is 164 g/mol. The molecule has 56 valence electrons. The zero-order chi connectivity index (χ0) is 7.84. The van der Waals surface area contributed by atoms with Crippen molar-refractivity contribution in [3.63, 3.8) is 0 Å². The molecule has 1 atom stereocenters. The smallest absolute Gasteiger partial charge is 0.142 e. The molecule has 0 radical (unpaired) electrons. The van der Waals surface area contributed by atoms with Gasteiger partial charge in [-0.05, 0) is 34.0 Å². The normalized spacial score (nSPS) is 10.7. The third-order valence-corrected chi connectivity index (χ3v) is 2.25. The molecule has 2 heterocycles. The molecular formula is C8H9N2P. The molecule has 0 aromatic carbocycles. The van der Waals surface area contributed by atoms with Crippen LogP contribution < -0.4 is 0 Å². The lowest BCUT2D eigenvalue weighted by molar-refractivity contribution is 1.25. The highest BCUT2D eigenvalue weighted by atomic mass is 31.0. The Kier molecular flexibility index (Phi) is 1.43.